The van der Waals surface area contributed by atoms with Crippen LogP contribution in [0, 0.1) is 6.92 Å². The Kier molecular flexibility index (Phi) is 5.85. The minimum atomic E-state index is -3.59. The van der Waals surface area contributed by atoms with Crippen LogP contribution in [0.2, 0.25) is 0 Å². The molecular weight excluding hydrogens is 408 g/mol. The van der Waals surface area contributed by atoms with Crippen molar-refractivity contribution in [3.8, 4) is 0 Å². The zero-order valence-corrected chi connectivity index (χ0v) is 17.6. The smallest absolute Gasteiger partial charge is 0.410 e. The Morgan fingerprint density at radius 2 is 1.92 bits per heavy atom. The highest BCUT2D eigenvalue weighted by atomic mass is 79.9. The maximum atomic E-state index is 12.9. The first kappa shape index (κ1) is 20.2. The zero-order chi connectivity index (χ0) is 19.0. The van der Waals surface area contributed by atoms with Crippen LogP contribution in [0.1, 0.15) is 33.3 Å². The van der Waals surface area contributed by atoms with Crippen molar-refractivity contribution in [1.29, 1.82) is 0 Å². The molecule has 1 atom stereocenters. The van der Waals surface area contributed by atoms with E-state index in [9.17, 15) is 13.2 Å². The maximum absolute atomic E-state index is 12.9. The standard InChI is InChI=1S/C17H25BrN2O4S/c1-12-10-14(18)6-7-15(12)25(22,23)19-8-9-20(13(2)11-19)16(21)24-17(3,4)5/h6-7,10,13H,8-9,11H2,1-5H3/t13-/m0/s1. The average molecular weight is 433 g/mol. The van der Waals surface area contributed by atoms with Gasteiger partial charge in [-0.3, -0.25) is 0 Å². The molecule has 0 bridgehead atoms. The molecule has 0 aliphatic carbocycles. The number of hydrogen-bond acceptors (Lipinski definition) is 4. The van der Waals surface area contributed by atoms with Gasteiger partial charge in [0.25, 0.3) is 0 Å². The molecule has 1 saturated heterocycles. The Bertz CT molecular complexity index is 758. The zero-order valence-electron chi connectivity index (χ0n) is 15.2. The highest BCUT2D eigenvalue weighted by Crippen LogP contribution is 2.25. The second-order valence-electron chi connectivity index (χ2n) is 7.30. The molecule has 0 radical (unpaired) electrons. The predicted octanol–water partition coefficient (Wildman–Crippen LogP) is 3.39. The molecule has 1 aliphatic heterocycles. The largest absolute Gasteiger partial charge is 0.444 e. The van der Waals surface area contributed by atoms with E-state index in [2.05, 4.69) is 15.9 Å². The van der Waals surface area contributed by atoms with E-state index in [1.54, 1.807) is 30.0 Å². The highest BCUT2D eigenvalue weighted by molar-refractivity contribution is 9.10. The molecule has 1 heterocycles. The Hall–Kier alpha value is -1.12. The van der Waals surface area contributed by atoms with Gasteiger partial charge in [-0.15, -0.1) is 0 Å². The monoisotopic (exact) mass is 432 g/mol. The first-order valence-corrected chi connectivity index (χ1v) is 10.4. The first-order chi connectivity index (χ1) is 11.4. The molecule has 25 heavy (non-hydrogen) atoms. The normalized spacial score (nSPS) is 19.8. The van der Waals surface area contributed by atoms with Gasteiger partial charge in [-0.2, -0.15) is 4.31 Å². The van der Waals surface area contributed by atoms with Crippen LogP contribution in [-0.4, -0.2) is 55.0 Å². The summed E-state index contributed by atoms with van der Waals surface area (Å²) in [6.45, 7) is 9.85. The van der Waals surface area contributed by atoms with Crippen LogP contribution in [0.25, 0.3) is 0 Å². The second-order valence-corrected chi connectivity index (χ2v) is 10.1. The van der Waals surface area contributed by atoms with Gasteiger partial charge in [0, 0.05) is 30.1 Å². The van der Waals surface area contributed by atoms with Crippen LogP contribution in [0.3, 0.4) is 0 Å². The molecule has 2 rings (SSSR count). The van der Waals surface area contributed by atoms with Gasteiger partial charge in [-0.25, -0.2) is 13.2 Å². The summed E-state index contributed by atoms with van der Waals surface area (Å²) in [5.41, 5.74) is 0.116. The molecule has 1 aliphatic rings. The van der Waals surface area contributed by atoms with Crippen molar-refractivity contribution in [2.24, 2.45) is 0 Å². The minimum absolute atomic E-state index is 0.247. The lowest BCUT2D eigenvalue weighted by atomic mass is 10.2. The lowest BCUT2D eigenvalue weighted by Crippen LogP contribution is -2.56. The Balaban J connectivity index is 2.15. The summed E-state index contributed by atoms with van der Waals surface area (Å²) in [6.07, 6.45) is -0.406. The molecule has 0 aromatic heterocycles. The summed E-state index contributed by atoms with van der Waals surface area (Å²) < 4.78 is 33.6. The molecule has 6 nitrogen and oxygen atoms in total. The number of nitrogens with zero attached hydrogens (tertiary/aromatic N) is 2. The molecule has 0 spiro atoms. The number of rotatable bonds is 2. The van der Waals surface area contributed by atoms with E-state index in [4.69, 9.17) is 4.74 Å². The topological polar surface area (TPSA) is 66.9 Å². The van der Waals surface area contributed by atoms with Gasteiger partial charge in [0.2, 0.25) is 10.0 Å². The fourth-order valence-corrected chi connectivity index (χ4v) is 4.97. The van der Waals surface area contributed by atoms with Crippen molar-refractivity contribution in [2.45, 2.75) is 51.2 Å². The minimum Gasteiger partial charge on any atom is -0.444 e. The molecule has 140 valence electrons. The Morgan fingerprint density at radius 3 is 2.44 bits per heavy atom. The molecular formula is C17H25BrN2O4S. The summed E-state index contributed by atoms with van der Waals surface area (Å²) >= 11 is 3.35. The number of carbonyl (C=O) groups excluding carboxylic acids is 1. The number of aryl methyl sites for hydroxylation is 1. The van der Waals surface area contributed by atoms with Crippen molar-refractivity contribution in [1.82, 2.24) is 9.21 Å². The van der Waals surface area contributed by atoms with E-state index in [0.29, 0.717) is 17.0 Å². The summed E-state index contributed by atoms with van der Waals surface area (Å²) in [4.78, 5) is 14.2. The fourth-order valence-electron chi connectivity index (χ4n) is 2.78. The van der Waals surface area contributed by atoms with E-state index in [1.165, 1.54) is 4.31 Å². The number of piperazine rings is 1. The van der Waals surface area contributed by atoms with Gasteiger partial charge >= 0.3 is 6.09 Å². The van der Waals surface area contributed by atoms with Gasteiger partial charge in [0.15, 0.2) is 0 Å². The molecule has 1 amide bonds. The average Bonchev–Trinajstić information content (AvgIpc) is 2.44. The van der Waals surface area contributed by atoms with E-state index in [1.807, 2.05) is 27.7 Å². The molecule has 0 N–H and O–H groups in total. The number of amides is 1. The van der Waals surface area contributed by atoms with Gasteiger partial charge in [0.1, 0.15) is 5.60 Å². The summed E-state index contributed by atoms with van der Waals surface area (Å²) in [5, 5.41) is 0. The van der Waals surface area contributed by atoms with Crippen LogP contribution < -0.4 is 0 Å². The summed E-state index contributed by atoms with van der Waals surface area (Å²) in [7, 11) is -3.59. The quantitative estimate of drug-likeness (QED) is 0.717. The van der Waals surface area contributed by atoms with Gasteiger partial charge in [-0.1, -0.05) is 15.9 Å². The maximum Gasteiger partial charge on any atom is 0.410 e. The number of sulfonamides is 1. The lowest BCUT2D eigenvalue weighted by molar-refractivity contribution is 0.00858. The van der Waals surface area contributed by atoms with Crippen molar-refractivity contribution in [3.63, 3.8) is 0 Å². The number of halogens is 1. The SMILES string of the molecule is Cc1cc(Br)ccc1S(=O)(=O)N1CCN(C(=O)OC(C)(C)C)[C@@H](C)C1. The third kappa shape index (κ3) is 4.74. The third-order valence-corrected chi connectivity index (χ3v) is 6.49. The third-order valence-electron chi connectivity index (χ3n) is 3.97. The molecule has 1 aromatic rings. The number of hydrogen-bond donors (Lipinski definition) is 0. The fraction of sp³-hybridized carbons (Fsp3) is 0.588. The van der Waals surface area contributed by atoms with E-state index in [-0.39, 0.29) is 19.1 Å². The van der Waals surface area contributed by atoms with Gasteiger partial charge in [-0.05, 0) is 58.4 Å². The van der Waals surface area contributed by atoms with Gasteiger partial charge in [0.05, 0.1) is 4.90 Å². The van der Waals surface area contributed by atoms with Crippen molar-refractivity contribution in [3.05, 3.63) is 28.2 Å². The number of carbonyl (C=O) groups is 1. The number of ether oxygens (including phenoxy) is 1. The van der Waals surface area contributed by atoms with Crippen LogP contribution in [-0.2, 0) is 14.8 Å². The van der Waals surface area contributed by atoms with E-state index in [0.717, 1.165) is 4.47 Å². The lowest BCUT2D eigenvalue weighted by Gasteiger charge is -2.39. The van der Waals surface area contributed by atoms with Gasteiger partial charge < -0.3 is 9.64 Å². The van der Waals surface area contributed by atoms with E-state index < -0.39 is 21.7 Å². The summed E-state index contributed by atoms with van der Waals surface area (Å²) in [6, 6.07) is 4.86. The Morgan fingerprint density at radius 1 is 1.28 bits per heavy atom. The highest BCUT2D eigenvalue weighted by Gasteiger charge is 2.36. The number of benzene rings is 1. The first-order valence-electron chi connectivity index (χ1n) is 8.18. The van der Waals surface area contributed by atoms with E-state index >= 15 is 0 Å². The summed E-state index contributed by atoms with van der Waals surface area (Å²) in [5.74, 6) is 0. The van der Waals surface area contributed by atoms with Crippen LogP contribution in [0.15, 0.2) is 27.6 Å². The molecule has 8 heteroatoms. The van der Waals surface area contributed by atoms with Crippen LogP contribution >= 0.6 is 15.9 Å². The van der Waals surface area contributed by atoms with Crippen molar-refractivity contribution in [2.75, 3.05) is 19.6 Å². The molecule has 1 aromatic carbocycles. The van der Waals surface area contributed by atoms with Crippen molar-refractivity contribution >= 4 is 32.0 Å². The molecule has 0 saturated carbocycles. The molecule has 0 unspecified atom stereocenters. The molecule has 1 fully saturated rings. The van der Waals surface area contributed by atoms with Crippen LogP contribution in [0.5, 0.6) is 0 Å². The Labute approximate surface area is 158 Å². The van der Waals surface area contributed by atoms with Crippen molar-refractivity contribution < 1.29 is 17.9 Å². The predicted molar refractivity (Wildman–Crippen MR) is 100 cm³/mol. The van der Waals surface area contributed by atoms with Crippen LogP contribution in [0.4, 0.5) is 4.79 Å². The second kappa shape index (κ2) is 7.25.